The SMILES string of the molecule is CC(=NNC(=O)c1ccccc1-n1cccc1)c1cccc([N+](=O)[O-])c1. The minimum Gasteiger partial charge on any atom is -0.323 e. The summed E-state index contributed by atoms with van der Waals surface area (Å²) in [6.45, 7) is 1.68. The maximum absolute atomic E-state index is 12.5. The minimum absolute atomic E-state index is 0.0265. The molecule has 7 heteroatoms. The second-order valence-corrected chi connectivity index (χ2v) is 5.55. The lowest BCUT2D eigenvalue weighted by Gasteiger charge is -2.09. The minimum atomic E-state index is -0.470. The van der Waals surface area contributed by atoms with E-state index in [1.54, 1.807) is 31.2 Å². The number of carbonyl (C=O) groups excluding carboxylic acids is 1. The van der Waals surface area contributed by atoms with Crippen molar-refractivity contribution in [2.24, 2.45) is 5.10 Å². The Morgan fingerprint density at radius 2 is 1.81 bits per heavy atom. The number of amides is 1. The molecular formula is C19H16N4O3. The van der Waals surface area contributed by atoms with Crippen LogP contribution in [0.5, 0.6) is 0 Å². The van der Waals surface area contributed by atoms with Crippen LogP contribution in [-0.2, 0) is 0 Å². The van der Waals surface area contributed by atoms with E-state index in [2.05, 4.69) is 10.5 Å². The molecule has 0 spiro atoms. The summed E-state index contributed by atoms with van der Waals surface area (Å²) in [5, 5.41) is 14.9. The van der Waals surface area contributed by atoms with Gasteiger partial charge < -0.3 is 4.57 Å². The Labute approximate surface area is 149 Å². The molecule has 1 heterocycles. The topological polar surface area (TPSA) is 89.5 Å². The lowest BCUT2D eigenvalue weighted by molar-refractivity contribution is -0.384. The first-order valence-corrected chi connectivity index (χ1v) is 7.88. The Kier molecular flexibility index (Phi) is 4.89. The smallest absolute Gasteiger partial charge is 0.273 e. The zero-order valence-electron chi connectivity index (χ0n) is 14.0. The largest absolute Gasteiger partial charge is 0.323 e. The molecule has 7 nitrogen and oxygen atoms in total. The highest BCUT2D eigenvalue weighted by molar-refractivity contribution is 6.02. The van der Waals surface area contributed by atoms with Crippen LogP contribution in [0.25, 0.3) is 5.69 Å². The van der Waals surface area contributed by atoms with Crippen LogP contribution in [0.4, 0.5) is 5.69 Å². The van der Waals surface area contributed by atoms with Gasteiger partial charge in [0.1, 0.15) is 0 Å². The summed E-state index contributed by atoms with van der Waals surface area (Å²) in [6, 6.07) is 17.0. The monoisotopic (exact) mass is 348 g/mol. The molecule has 1 aromatic heterocycles. The molecule has 0 unspecified atom stereocenters. The molecule has 0 bridgehead atoms. The average Bonchev–Trinajstić information content (AvgIpc) is 3.20. The number of nitrogens with zero attached hydrogens (tertiary/aromatic N) is 3. The molecule has 0 saturated carbocycles. The van der Waals surface area contributed by atoms with Gasteiger partial charge in [0.2, 0.25) is 0 Å². The van der Waals surface area contributed by atoms with Crippen LogP contribution in [0, 0.1) is 10.1 Å². The van der Waals surface area contributed by atoms with Gasteiger partial charge in [-0.15, -0.1) is 0 Å². The zero-order chi connectivity index (χ0) is 18.5. The summed E-state index contributed by atoms with van der Waals surface area (Å²) in [5.74, 6) is -0.362. The molecule has 130 valence electrons. The molecule has 3 aromatic rings. The molecule has 0 fully saturated rings. The fourth-order valence-corrected chi connectivity index (χ4v) is 2.49. The van der Waals surface area contributed by atoms with Crippen LogP contribution in [0.2, 0.25) is 0 Å². The van der Waals surface area contributed by atoms with Crippen LogP contribution in [0.3, 0.4) is 0 Å². The van der Waals surface area contributed by atoms with Crippen molar-refractivity contribution in [3.63, 3.8) is 0 Å². The molecule has 0 saturated heterocycles. The highest BCUT2D eigenvalue weighted by Gasteiger charge is 2.12. The van der Waals surface area contributed by atoms with Gasteiger partial charge in [0.05, 0.1) is 21.9 Å². The molecule has 0 aliphatic heterocycles. The molecule has 3 rings (SSSR count). The number of rotatable bonds is 5. The second-order valence-electron chi connectivity index (χ2n) is 5.55. The van der Waals surface area contributed by atoms with Crippen molar-refractivity contribution in [2.45, 2.75) is 6.92 Å². The van der Waals surface area contributed by atoms with Gasteiger partial charge in [-0.25, -0.2) is 5.43 Å². The molecule has 26 heavy (non-hydrogen) atoms. The number of hydrogen-bond donors (Lipinski definition) is 1. The van der Waals surface area contributed by atoms with Crippen molar-refractivity contribution in [3.05, 3.63) is 94.3 Å². The summed E-state index contributed by atoms with van der Waals surface area (Å²) in [6.07, 6.45) is 3.70. The van der Waals surface area contributed by atoms with E-state index >= 15 is 0 Å². The summed E-state index contributed by atoms with van der Waals surface area (Å²) < 4.78 is 1.84. The number of nitrogens with one attached hydrogen (secondary N) is 1. The Bertz CT molecular complexity index is 978. The van der Waals surface area contributed by atoms with E-state index in [0.29, 0.717) is 16.8 Å². The average molecular weight is 348 g/mol. The predicted molar refractivity (Wildman–Crippen MR) is 98.5 cm³/mol. The number of nitro benzene ring substituents is 1. The Morgan fingerprint density at radius 3 is 2.54 bits per heavy atom. The summed E-state index contributed by atoms with van der Waals surface area (Å²) in [5.41, 5.74) is 4.73. The van der Waals surface area contributed by atoms with Crippen molar-refractivity contribution >= 4 is 17.3 Å². The Balaban J connectivity index is 1.82. The fraction of sp³-hybridized carbons (Fsp3) is 0.0526. The number of non-ortho nitro benzene ring substituents is 1. The van der Waals surface area contributed by atoms with Crippen LogP contribution in [0.1, 0.15) is 22.8 Å². The van der Waals surface area contributed by atoms with Crippen LogP contribution in [-0.4, -0.2) is 21.1 Å². The third-order valence-corrected chi connectivity index (χ3v) is 3.83. The Morgan fingerprint density at radius 1 is 1.08 bits per heavy atom. The van der Waals surface area contributed by atoms with E-state index in [0.717, 1.165) is 5.69 Å². The summed E-state index contributed by atoms with van der Waals surface area (Å²) >= 11 is 0. The lowest BCUT2D eigenvalue weighted by atomic mass is 10.1. The molecule has 2 aromatic carbocycles. The van der Waals surface area contributed by atoms with Crippen molar-refractivity contribution in [3.8, 4) is 5.69 Å². The van der Waals surface area contributed by atoms with Gasteiger partial charge in [0, 0.05) is 30.1 Å². The number of hydrogen-bond acceptors (Lipinski definition) is 4. The standard InChI is InChI=1S/C19H16N4O3/c1-14(15-7-6-8-16(13-15)23(25)26)20-21-19(24)17-9-2-3-10-18(17)22-11-4-5-12-22/h2-13H,1H3,(H,21,24). The maximum atomic E-state index is 12.5. The van der Waals surface area contributed by atoms with Gasteiger partial charge >= 0.3 is 0 Å². The molecule has 1 N–H and O–H groups in total. The lowest BCUT2D eigenvalue weighted by Crippen LogP contribution is -2.21. The molecule has 0 atom stereocenters. The van der Waals surface area contributed by atoms with Crippen LogP contribution in [0.15, 0.2) is 78.2 Å². The number of aromatic nitrogens is 1. The van der Waals surface area contributed by atoms with Crippen LogP contribution < -0.4 is 5.43 Å². The van der Waals surface area contributed by atoms with E-state index in [-0.39, 0.29) is 11.6 Å². The number of nitro groups is 1. The van der Waals surface area contributed by atoms with Gasteiger partial charge in [-0.2, -0.15) is 5.10 Å². The first kappa shape index (κ1) is 17.1. The zero-order valence-corrected chi connectivity index (χ0v) is 14.0. The first-order chi connectivity index (χ1) is 12.6. The maximum Gasteiger partial charge on any atom is 0.273 e. The van der Waals surface area contributed by atoms with E-state index in [1.807, 2.05) is 41.2 Å². The van der Waals surface area contributed by atoms with Gasteiger partial charge in [-0.3, -0.25) is 14.9 Å². The summed E-state index contributed by atoms with van der Waals surface area (Å²) in [4.78, 5) is 22.9. The normalized spacial score (nSPS) is 11.2. The fourth-order valence-electron chi connectivity index (χ4n) is 2.49. The van der Waals surface area contributed by atoms with E-state index in [1.165, 1.54) is 12.1 Å². The van der Waals surface area contributed by atoms with Crippen molar-refractivity contribution in [2.75, 3.05) is 0 Å². The molecule has 1 amide bonds. The van der Waals surface area contributed by atoms with E-state index in [9.17, 15) is 14.9 Å². The summed E-state index contributed by atoms with van der Waals surface area (Å²) in [7, 11) is 0. The number of hydrazone groups is 1. The molecule has 0 aliphatic carbocycles. The van der Waals surface area contributed by atoms with Gasteiger partial charge in [-0.05, 0) is 31.2 Å². The highest BCUT2D eigenvalue weighted by Crippen LogP contribution is 2.16. The number of benzene rings is 2. The molecule has 0 aliphatic rings. The third-order valence-electron chi connectivity index (χ3n) is 3.83. The van der Waals surface area contributed by atoms with Crippen molar-refractivity contribution in [1.29, 1.82) is 0 Å². The van der Waals surface area contributed by atoms with Gasteiger partial charge in [-0.1, -0.05) is 24.3 Å². The van der Waals surface area contributed by atoms with Gasteiger partial charge in [0.25, 0.3) is 11.6 Å². The van der Waals surface area contributed by atoms with E-state index < -0.39 is 4.92 Å². The predicted octanol–water partition coefficient (Wildman–Crippen LogP) is 3.54. The third kappa shape index (κ3) is 3.67. The Hall–Kier alpha value is -3.74. The number of para-hydroxylation sites is 1. The number of carbonyl (C=O) groups is 1. The van der Waals surface area contributed by atoms with Crippen LogP contribution >= 0.6 is 0 Å². The molecular weight excluding hydrogens is 332 g/mol. The van der Waals surface area contributed by atoms with Gasteiger partial charge in [0.15, 0.2) is 0 Å². The van der Waals surface area contributed by atoms with Crippen molar-refractivity contribution in [1.82, 2.24) is 9.99 Å². The molecule has 0 radical (unpaired) electrons. The quantitative estimate of drug-likeness (QED) is 0.434. The van der Waals surface area contributed by atoms with Crippen molar-refractivity contribution < 1.29 is 9.72 Å². The van der Waals surface area contributed by atoms with E-state index in [4.69, 9.17) is 0 Å². The second kappa shape index (κ2) is 7.43. The highest BCUT2D eigenvalue weighted by atomic mass is 16.6. The first-order valence-electron chi connectivity index (χ1n) is 7.88.